The fraction of sp³-hybridized carbons (Fsp3) is 0.581. The van der Waals surface area contributed by atoms with Crippen LogP contribution in [0.1, 0.15) is 69.4 Å². The summed E-state index contributed by atoms with van der Waals surface area (Å²) in [5, 5.41) is 0. The zero-order chi connectivity index (χ0) is 25.2. The average Bonchev–Trinajstić information content (AvgIpc) is 3.12. The Kier molecular flexibility index (Phi) is 7.30. The number of ether oxygens (including phenoxy) is 1. The second-order valence-electron chi connectivity index (χ2n) is 11.4. The second-order valence-corrected chi connectivity index (χ2v) is 11.4. The summed E-state index contributed by atoms with van der Waals surface area (Å²) in [6, 6.07) is 19.5. The van der Waals surface area contributed by atoms with Crippen LogP contribution in [0.5, 0.6) is 5.75 Å². The third kappa shape index (κ3) is 4.63. The molecule has 3 fully saturated rings. The van der Waals surface area contributed by atoms with Gasteiger partial charge in [-0.3, -0.25) is 4.90 Å². The molecule has 0 radical (unpaired) electrons. The molecule has 5 rings (SSSR count). The largest absolute Gasteiger partial charge is 0.497 e. The highest BCUT2D eigenvalue weighted by Gasteiger charge is 2.55. The summed E-state index contributed by atoms with van der Waals surface area (Å²) >= 11 is 0. The zero-order valence-corrected chi connectivity index (χ0v) is 22.4. The van der Waals surface area contributed by atoms with E-state index in [1.807, 2.05) is 12.1 Å². The van der Waals surface area contributed by atoms with Crippen molar-refractivity contribution in [3.63, 3.8) is 0 Å². The number of urea groups is 1. The third-order valence-electron chi connectivity index (χ3n) is 9.34. The molecule has 1 saturated heterocycles. The molecule has 5 heteroatoms. The van der Waals surface area contributed by atoms with E-state index in [9.17, 15) is 4.79 Å². The summed E-state index contributed by atoms with van der Waals surface area (Å²) in [6.45, 7) is 5.77. The van der Waals surface area contributed by atoms with E-state index in [2.05, 4.69) is 71.1 Å². The van der Waals surface area contributed by atoms with Gasteiger partial charge in [-0.15, -0.1) is 0 Å². The van der Waals surface area contributed by atoms with Gasteiger partial charge in [0.1, 0.15) is 5.75 Å². The van der Waals surface area contributed by atoms with Crippen LogP contribution in [0.3, 0.4) is 0 Å². The topological polar surface area (TPSA) is 36.0 Å². The molecule has 2 amide bonds. The Morgan fingerprint density at radius 1 is 1.03 bits per heavy atom. The minimum atomic E-state index is -0.0587. The van der Waals surface area contributed by atoms with Crippen LogP contribution in [0.15, 0.2) is 54.6 Å². The van der Waals surface area contributed by atoms with Crippen molar-refractivity contribution in [2.45, 2.75) is 75.9 Å². The van der Waals surface area contributed by atoms with Gasteiger partial charge in [0.2, 0.25) is 0 Å². The van der Waals surface area contributed by atoms with Crippen LogP contribution in [0.2, 0.25) is 0 Å². The zero-order valence-electron chi connectivity index (χ0n) is 22.4. The fourth-order valence-electron chi connectivity index (χ4n) is 6.95. The summed E-state index contributed by atoms with van der Waals surface area (Å²) in [5.74, 6) is 1.52. The SMILES string of the molecule is CCCN(C)[C@]1(c2ccccc2)CC[C@]2(CC1)CN(Cc1cccc(OC)c1)C(=O)N2CC1CCC1. The van der Waals surface area contributed by atoms with Crippen molar-refractivity contribution in [3.8, 4) is 5.75 Å². The fourth-order valence-corrected chi connectivity index (χ4v) is 6.95. The van der Waals surface area contributed by atoms with E-state index >= 15 is 0 Å². The Balaban J connectivity index is 1.40. The van der Waals surface area contributed by atoms with Gasteiger partial charge in [-0.05, 0) is 87.7 Å². The van der Waals surface area contributed by atoms with Gasteiger partial charge in [0.05, 0.1) is 12.6 Å². The van der Waals surface area contributed by atoms with Crippen molar-refractivity contribution in [1.82, 2.24) is 14.7 Å². The van der Waals surface area contributed by atoms with Crippen LogP contribution in [-0.4, -0.2) is 60.1 Å². The van der Waals surface area contributed by atoms with Gasteiger partial charge in [-0.2, -0.15) is 0 Å². The van der Waals surface area contributed by atoms with Gasteiger partial charge in [0.25, 0.3) is 0 Å². The molecule has 194 valence electrons. The molecule has 2 aromatic rings. The summed E-state index contributed by atoms with van der Waals surface area (Å²) in [7, 11) is 4.00. The van der Waals surface area contributed by atoms with Crippen LogP contribution in [0, 0.1) is 5.92 Å². The van der Waals surface area contributed by atoms with Crippen LogP contribution in [-0.2, 0) is 12.1 Å². The van der Waals surface area contributed by atoms with E-state index in [0.717, 1.165) is 63.1 Å². The molecule has 36 heavy (non-hydrogen) atoms. The quantitative estimate of drug-likeness (QED) is 0.416. The third-order valence-corrected chi connectivity index (χ3v) is 9.34. The lowest BCUT2D eigenvalue weighted by atomic mass is 9.67. The van der Waals surface area contributed by atoms with Crippen LogP contribution >= 0.6 is 0 Å². The molecule has 1 heterocycles. The molecule has 0 aromatic heterocycles. The molecule has 2 aromatic carbocycles. The van der Waals surface area contributed by atoms with E-state index in [4.69, 9.17) is 4.74 Å². The Hall–Kier alpha value is -2.53. The Morgan fingerprint density at radius 2 is 1.78 bits per heavy atom. The van der Waals surface area contributed by atoms with Crippen molar-refractivity contribution < 1.29 is 9.53 Å². The van der Waals surface area contributed by atoms with E-state index in [1.165, 1.54) is 24.8 Å². The molecule has 5 nitrogen and oxygen atoms in total. The Bertz CT molecular complexity index is 1030. The molecule has 1 aliphatic heterocycles. The van der Waals surface area contributed by atoms with Crippen molar-refractivity contribution in [2.24, 2.45) is 5.92 Å². The molecule has 0 atom stereocenters. The molecular formula is C31H43N3O2. The standard InChI is InChI=1S/C31H43N3O2/c1-4-20-32(2)31(27-13-6-5-7-14-27)18-16-30(17-19-31)24-33(22-26-12-9-15-28(21-26)36-3)29(35)34(30)23-25-10-8-11-25/h5-7,9,12-15,21,25H,4,8,10-11,16-20,22-24H2,1-3H3/t30-,31+. The number of nitrogens with zero attached hydrogens (tertiary/aromatic N) is 3. The van der Waals surface area contributed by atoms with Crippen LogP contribution in [0.4, 0.5) is 4.79 Å². The van der Waals surface area contributed by atoms with Crippen molar-refractivity contribution in [3.05, 3.63) is 65.7 Å². The van der Waals surface area contributed by atoms with E-state index in [0.29, 0.717) is 12.5 Å². The first-order chi connectivity index (χ1) is 17.5. The van der Waals surface area contributed by atoms with E-state index in [-0.39, 0.29) is 17.1 Å². The van der Waals surface area contributed by atoms with E-state index < -0.39 is 0 Å². The maximum absolute atomic E-state index is 13.9. The van der Waals surface area contributed by atoms with E-state index in [1.54, 1.807) is 7.11 Å². The highest BCUT2D eigenvalue weighted by molar-refractivity contribution is 5.78. The van der Waals surface area contributed by atoms with Gasteiger partial charge in [-0.25, -0.2) is 4.79 Å². The van der Waals surface area contributed by atoms with Gasteiger partial charge in [-0.1, -0.05) is 55.8 Å². The van der Waals surface area contributed by atoms with Gasteiger partial charge >= 0.3 is 6.03 Å². The number of carbonyl (C=O) groups is 1. The second kappa shape index (κ2) is 10.5. The smallest absolute Gasteiger partial charge is 0.320 e. The molecule has 0 bridgehead atoms. The molecule has 0 N–H and O–H groups in total. The van der Waals surface area contributed by atoms with Crippen molar-refractivity contribution in [2.75, 3.05) is 33.8 Å². The lowest BCUT2D eigenvalue weighted by molar-refractivity contribution is 0.00476. The van der Waals surface area contributed by atoms with Crippen LogP contribution < -0.4 is 4.74 Å². The number of hydrogen-bond acceptors (Lipinski definition) is 3. The Morgan fingerprint density at radius 3 is 2.42 bits per heavy atom. The number of hydrogen-bond donors (Lipinski definition) is 0. The summed E-state index contributed by atoms with van der Waals surface area (Å²) in [6.07, 6.45) is 9.30. The van der Waals surface area contributed by atoms with Crippen molar-refractivity contribution >= 4 is 6.03 Å². The Labute approximate surface area is 217 Å². The molecule has 0 unspecified atom stereocenters. The first-order valence-electron chi connectivity index (χ1n) is 14.0. The summed E-state index contributed by atoms with van der Waals surface area (Å²) in [4.78, 5) is 20.9. The first-order valence-corrected chi connectivity index (χ1v) is 14.0. The highest BCUT2D eigenvalue weighted by Crippen LogP contribution is 2.50. The normalized spacial score (nSPS) is 26.6. The minimum Gasteiger partial charge on any atom is -0.497 e. The number of rotatable bonds is 9. The first kappa shape index (κ1) is 25.1. The monoisotopic (exact) mass is 489 g/mol. The molecule has 1 spiro atoms. The van der Waals surface area contributed by atoms with Crippen molar-refractivity contribution in [1.29, 1.82) is 0 Å². The summed E-state index contributed by atoms with van der Waals surface area (Å²) < 4.78 is 5.44. The van der Waals surface area contributed by atoms with Gasteiger partial charge in [0.15, 0.2) is 0 Å². The number of methoxy groups -OCH3 is 1. The number of benzene rings is 2. The number of carbonyl (C=O) groups excluding carboxylic acids is 1. The molecule has 3 aliphatic rings. The van der Waals surface area contributed by atoms with Gasteiger partial charge < -0.3 is 14.5 Å². The molecule has 2 aliphatic carbocycles. The predicted molar refractivity (Wildman–Crippen MR) is 145 cm³/mol. The predicted octanol–water partition coefficient (Wildman–Crippen LogP) is 6.28. The summed E-state index contributed by atoms with van der Waals surface area (Å²) in [5.41, 5.74) is 2.56. The minimum absolute atomic E-state index is 0.0495. The molecular weight excluding hydrogens is 446 g/mol. The lowest BCUT2D eigenvalue weighted by Crippen LogP contribution is -2.57. The molecule has 2 saturated carbocycles. The number of amides is 2. The van der Waals surface area contributed by atoms with Crippen LogP contribution in [0.25, 0.3) is 0 Å². The highest BCUT2D eigenvalue weighted by atomic mass is 16.5. The average molecular weight is 490 g/mol. The lowest BCUT2D eigenvalue weighted by Gasteiger charge is -2.52. The maximum Gasteiger partial charge on any atom is 0.320 e. The maximum atomic E-state index is 13.9. The van der Waals surface area contributed by atoms with Gasteiger partial charge in [0, 0.05) is 25.2 Å².